The molecule has 0 aliphatic rings. The Morgan fingerprint density at radius 3 is 0.931 bits per heavy atom. The molecule has 0 aromatic heterocycles. The van der Waals surface area contributed by atoms with Crippen LogP contribution < -0.4 is 5.32 Å². The van der Waals surface area contributed by atoms with Crippen LogP contribution in [0.15, 0.2) is 36.5 Å². The summed E-state index contributed by atoms with van der Waals surface area (Å²) in [7, 11) is 0. The van der Waals surface area contributed by atoms with Crippen molar-refractivity contribution >= 4 is 11.9 Å². The van der Waals surface area contributed by atoms with Gasteiger partial charge in [0.2, 0.25) is 5.91 Å². The number of esters is 1. The molecule has 0 rings (SSSR count). The number of aliphatic hydroxyl groups is 2. The third-order valence-corrected chi connectivity index (χ3v) is 18.6. The standard InChI is InChI=1S/C81H155NO5/c1-3-5-7-9-11-13-15-17-18-19-20-21-37-40-43-46-50-53-57-61-65-69-73-79(84)78(77-83)82-80(85)74-70-66-62-58-54-51-47-44-41-38-35-33-31-29-27-25-23-22-24-26-28-30-32-34-36-39-42-45-48-52-56-60-64-68-72-76-87-81(86)75-71-67-63-59-55-49-16-14-12-10-8-6-4-2/h8,10,14,16,24,26,78-79,83-84H,3-7,9,11-13,15,17-23,25,27-77H2,1-2H3,(H,82,85)/b10-8-,16-14-,26-24-. The maximum Gasteiger partial charge on any atom is 0.305 e. The van der Waals surface area contributed by atoms with E-state index in [-0.39, 0.29) is 18.5 Å². The number of nitrogens with one attached hydrogen (secondary N) is 1. The van der Waals surface area contributed by atoms with E-state index in [9.17, 15) is 19.8 Å². The van der Waals surface area contributed by atoms with E-state index in [2.05, 4.69) is 55.6 Å². The van der Waals surface area contributed by atoms with Gasteiger partial charge < -0.3 is 20.3 Å². The molecule has 0 bridgehead atoms. The number of carbonyl (C=O) groups excluding carboxylic acids is 2. The van der Waals surface area contributed by atoms with Gasteiger partial charge in [0.05, 0.1) is 25.4 Å². The van der Waals surface area contributed by atoms with Crippen molar-refractivity contribution in [2.75, 3.05) is 13.2 Å². The molecule has 0 aliphatic carbocycles. The highest BCUT2D eigenvalue weighted by atomic mass is 16.5. The molecule has 0 heterocycles. The summed E-state index contributed by atoms with van der Waals surface area (Å²) in [6.45, 7) is 4.93. The molecule has 2 atom stereocenters. The number of ether oxygens (including phenoxy) is 1. The van der Waals surface area contributed by atoms with Gasteiger partial charge in [-0.1, -0.05) is 391 Å². The van der Waals surface area contributed by atoms with Crippen LogP contribution in [0, 0.1) is 0 Å². The number of aliphatic hydroxyl groups excluding tert-OH is 2. The fraction of sp³-hybridized carbons (Fsp3) is 0.901. The Labute approximate surface area is 544 Å². The average molecular weight is 1220 g/mol. The molecule has 1 amide bonds. The van der Waals surface area contributed by atoms with Crippen molar-refractivity contribution in [2.45, 2.75) is 456 Å². The molecule has 6 nitrogen and oxygen atoms in total. The molecule has 6 heteroatoms. The molecule has 0 aromatic carbocycles. The first-order valence-corrected chi connectivity index (χ1v) is 39.7. The molecule has 0 saturated carbocycles. The van der Waals surface area contributed by atoms with E-state index in [4.69, 9.17) is 4.74 Å². The zero-order chi connectivity index (χ0) is 62.8. The van der Waals surface area contributed by atoms with Crippen molar-refractivity contribution in [3.05, 3.63) is 36.5 Å². The number of rotatable bonds is 75. The lowest BCUT2D eigenvalue weighted by Crippen LogP contribution is -2.45. The maximum atomic E-state index is 12.6. The van der Waals surface area contributed by atoms with Gasteiger partial charge in [0, 0.05) is 12.8 Å². The van der Waals surface area contributed by atoms with Gasteiger partial charge in [-0.2, -0.15) is 0 Å². The van der Waals surface area contributed by atoms with E-state index in [1.807, 2.05) is 0 Å². The van der Waals surface area contributed by atoms with Crippen LogP contribution in [0.25, 0.3) is 0 Å². The van der Waals surface area contributed by atoms with Crippen LogP contribution in [-0.4, -0.2) is 47.4 Å². The lowest BCUT2D eigenvalue weighted by Gasteiger charge is -2.22. The van der Waals surface area contributed by atoms with Crippen LogP contribution in [-0.2, 0) is 14.3 Å². The Balaban J connectivity index is 3.35. The van der Waals surface area contributed by atoms with Gasteiger partial charge in [-0.25, -0.2) is 0 Å². The monoisotopic (exact) mass is 1220 g/mol. The Hall–Kier alpha value is -1.92. The highest BCUT2D eigenvalue weighted by Crippen LogP contribution is 2.20. The van der Waals surface area contributed by atoms with Crippen molar-refractivity contribution in [1.82, 2.24) is 5.32 Å². The fourth-order valence-corrected chi connectivity index (χ4v) is 12.6. The van der Waals surface area contributed by atoms with Crippen LogP contribution in [0.1, 0.15) is 444 Å². The van der Waals surface area contributed by atoms with Crippen LogP contribution in [0.3, 0.4) is 0 Å². The van der Waals surface area contributed by atoms with Gasteiger partial charge in [0.15, 0.2) is 0 Å². The summed E-state index contributed by atoms with van der Waals surface area (Å²) < 4.78 is 5.48. The van der Waals surface area contributed by atoms with Crippen LogP contribution in [0.5, 0.6) is 0 Å². The fourth-order valence-electron chi connectivity index (χ4n) is 12.6. The number of hydrogen-bond acceptors (Lipinski definition) is 5. The lowest BCUT2D eigenvalue weighted by molar-refractivity contribution is -0.143. The van der Waals surface area contributed by atoms with Gasteiger partial charge >= 0.3 is 5.97 Å². The predicted molar refractivity (Wildman–Crippen MR) is 384 cm³/mol. The van der Waals surface area contributed by atoms with Gasteiger partial charge in [0.25, 0.3) is 0 Å². The Morgan fingerprint density at radius 1 is 0.322 bits per heavy atom. The zero-order valence-electron chi connectivity index (χ0n) is 59.0. The predicted octanol–water partition coefficient (Wildman–Crippen LogP) is 26.2. The van der Waals surface area contributed by atoms with Gasteiger partial charge in [-0.15, -0.1) is 0 Å². The average Bonchev–Trinajstić information content (AvgIpc) is 3.54. The van der Waals surface area contributed by atoms with Gasteiger partial charge in [-0.05, 0) is 77.0 Å². The maximum absolute atomic E-state index is 12.6. The Kier molecular flexibility index (Phi) is 74.8. The smallest absolute Gasteiger partial charge is 0.305 e. The molecule has 0 spiro atoms. The first-order valence-electron chi connectivity index (χ1n) is 39.7. The number of unbranched alkanes of at least 4 members (excludes halogenated alkanes) is 58. The third-order valence-electron chi connectivity index (χ3n) is 18.6. The van der Waals surface area contributed by atoms with Gasteiger partial charge in [-0.3, -0.25) is 9.59 Å². The molecule has 2 unspecified atom stereocenters. The molecule has 0 fully saturated rings. The SMILES string of the molecule is CCC/C=C\C/C=C\CCCCCCCC(=O)OCCCCCCCCCCCCCCCC/C=C\CCCCCCCCCCCCCCCCCCCC(=O)NC(CO)C(O)CCCCCCCCCCCCCCCCCCCCCCCC. The zero-order valence-corrected chi connectivity index (χ0v) is 59.0. The topological polar surface area (TPSA) is 95.9 Å². The van der Waals surface area contributed by atoms with E-state index in [1.165, 1.54) is 360 Å². The summed E-state index contributed by atoms with van der Waals surface area (Å²) in [4.78, 5) is 24.6. The minimum atomic E-state index is -0.663. The highest BCUT2D eigenvalue weighted by Gasteiger charge is 2.20. The number of amides is 1. The summed E-state index contributed by atoms with van der Waals surface area (Å²) in [5.41, 5.74) is 0. The minimum Gasteiger partial charge on any atom is -0.466 e. The van der Waals surface area contributed by atoms with Crippen molar-refractivity contribution in [3.8, 4) is 0 Å². The van der Waals surface area contributed by atoms with E-state index >= 15 is 0 Å². The number of hydrogen-bond donors (Lipinski definition) is 3. The van der Waals surface area contributed by atoms with Crippen LogP contribution in [0.2, 0.25) is 0 Å². The molecule has 0 aliphatic heterocycles. The first kappa shape index (κ1) is 85.1. The normalized spacial score (nSPS) is 12.6. The van der Waals surface area contributed by atoms with Crippen molar-refractivity contribution < 1.29 is 24.5 Å². The van der Waals surface area contributed by atoms with Crippen molar-refractivity contribution in [2.24, 2.45) is 0 Å². The minimum absolute atomic E-state index is 0.00537. The summed E-state index contributed by atoms with van der Waals surface area (Å²) in [6.07, 6.45) is 99.6. The van der Waals surface area contributed by atoms with E-state index < -0.39 is 12.1 Å². The summed E-state index contributed by atoms with van der Waals surface area (Å²) in [5, 5.41) is 23.5. The van der Waals surface area contributed by atoms with Crippen molar-refractivity contribution in [3.63, 3.8) is 0 Å². The van der Waals surface area contributed by atoms with E-state index in [1.54, 1.807) is 0 Å². The third kappa shape index (κ3) is 73.0. The molecule has 0 saturated heterocycles. The highest BCUT2D eigenvalue weighted by molar-refractivity contribution is 5.76. The lowest BCUT2D eigenvalue weighted by atomic mass is 10.0. The summed E-state index contributed by atoms with van der Waals surface area (Å²) in [5.74, 6) is -0.0209. The molecular formula is C81H155NO5. The number of carbonyl (C=O) groups is 2. The van der Waals surface area contributed by atoms with E-state index in [0.717, 1.165) is 51.4 Å². The summed E-state index contributed by atoms with van der Waals surface area (Å²) >= 11 is 0. The van der Waals surface area contributed by atoms with Crippen LogP contribution >= 0.6 is 0 Å². The molecule has 87 heavy (non-hydrogen) atoms. The van der Waals surface area contributed by atoms with E-state index in [0.29, 0.717) is 25.9 Å². The molecule has 3 N–H and O–H groups in total. The Bertz CT molecular complexity index is 1410. The van der Waals surface area contributed by atoms with Gasteiger partial charge in [0.1, 0.15) is 0 Å². The second kappa shape index (κ2) is 76.5. The molecule has 0 aromatic rings. The van der Waals surface area contributed by atoms with Crippen LogP contribution in [0.4, 0.5) is 0 Å². The van der Waals surface area contributed by atoms with Crippen molar-refractivity contribution in [1.29, 1.82) is 0 Å². The quantitative estimate of drug-likeness (QED) is 0.0320. The summed E-state index contributed by atoms with van der Waals surface area (Å²) in [6, 6.07) is -0.540. The first-order chi connectivity index (χ1) is 43.0. The Morgan fingerprint density at radius 2 is 0.598 bits per heavy atom. The number of allylic oxidation sites excluding steroid dienone is 6. The molecule has 514 valence electrons. The second-order valence-electron chi connectivity index (χ2n) is 27.4. The molecule has 0 radical (unpaired) electrons. The second-order valence-corrected chi connectivity index (χ2v) is 27.4. The molecular weight excluding hydrogens is 1070 g/mol. The largest absolute Gasteiger partial charge is 0.466 e.